The fourth-order valence-corrected chi connectivity index (χ4v) is 2.77. The van der Waals surface area contributed by atoms with Crippen molar-refractivity contribution in [2.75, 3.05) is 26.1 Å². The quantitative estimate of drug-likeness (QED) is 0.614. The molecule has 8 nitrogen and oxygen atoms in total. The summed E-state index contributed by atoms with van der Waals surface area (Å²) in [6.07, 6.45) is 0. The summed E-state index contributed by atoms with van der Waals surface area (Å²) in [6, 6.07) is 15.5. The monoisotopic (exact) mass is 409 g/mol. The van der Waals surface area contributed by atoms with Gasteiger partial charge in [-0.25, -0.2) is 0 Å². The Morgan fingerprint density at radius 3 is 2.53 bits per heavy atom. The molecule has 3 rings (SSSR count). The lowest BCUT2D eigenvalue weighted by Crippen LogP contribution is -2.26. The minimum Gasteiger partial charge on any atom is -0.497 e. The number of anilines is 1. The van der Waals surface area contributed by atoms with Gasteiger partial charge in [-0.3, -0.25) is 9.59 Å². The van der Waals surface area contributed by atoms with Crippen LogP contribution in [0.4, 0.5) is 5.69 Å². The van der Waals surface area contributed by atoms with Crippen LogP contribution in [0.2, 0.25) is 0 Å². The molecule has 1 aromatic heterocycles. The minimum atomic E-state index is -0.300. The molecule has 2 amide bonds. The molecule has 0 spiro atoms. The molecule has 0 atom stereocenters. The van der Waals surface area contributed by atoms with Crippen LogP contribution in [0.3, 0.4) is 0 Å². The Morgan fingerprint density at radius 1 is 1.10 bits per heavy atom. The SMILES string of the molecule is COc1cccc(NC(=O)COc2ccc(C(=O)N(C)Cc3cc(C)on3)cc2)c1. The Morgan fingerprint density at radius 2 is 1.87 bits per heavy atom. The number of aromatic nitrogens is 1. The van der Waals surface area contributed by atoms with Crippen LogP contribution in [0.15, 0.2) is 59.1 Å². The van der Waals surface area contributed by atoms with Gasteiger partial charge in [0.15, 0.2) is 6.61 Å². The number of aryl methyl sites for hydroxylation is 1. The number of methoxy groups -OCH3 is 1. The average molecular weight is 409 g/mol. The van der Waals surface area contributed by atoms with Gasteiger partial charge >= 0.3 is 0 Å². The first-order chi connectivity index (χ1) is 14.4. The van der Waals surface area contributed by atoms with Crippen molar-refractivity contribution in [3.63, 3.8) is 0 Å². The highest BCUT2D eigenvalue weighted by atomic mass is 16.5. The first-order valence-electron chi connectivity index (χ1n) is 9.29. The summed E-state index contributed by atoms with van der Waals surface area (Å²) >= 11 is 0. The summed E-state index contributed by atoms with van der Waals surface area (Å²) in [4.78, 5) is 26.2. The third-order valence-electron chi connectivity index (χ3n) is 4.25. The molecule has 0 saturated carbocycles. The number of nitrogens with zero attached hydrogens (tertiary/aromatic N) is 2. The summed E-state index contributed by atoms with van der Waals surface area (Å²) in [7, 11) is 3.26. The third-order valence-corrected chi connectivity index (χ3v) is 4.25. The second-order valence-corrected chi connectivity index (χ2v) is 6.68. The molecule has 8 heteroatoms. The van der Waals surface area contributed by atoms with Crippen LogP contribution >= 0.6 is 0 Å². The van der Waals surface area contributed by atoms with Gasteiger partial charge in [-0.05, 0) is 43.3 Å². The number of hydrogen-bond acceptors (Lipinski definition) is 6. The number of rotatable bonds is 8. The molecule has 3 aromatic rings. The van der Waals surface area contributed by atoms with Gasteiger partial charge in [0.2, 0.25) is 0 Å². The zero-order valence-electron chi connectivity index (χ0n) is 17.0. The normalized spacial score (nSPS) is 10.4. The van der Waals surface area contributed by atoms with Crippen molar-refractivity contribution in [3.8, 4) is 11.5 Å². The maximum absolute atomic E-state index is 12.5. The highest BCUT2D eigenvalue weighted by molar-refractivity contribution is 5.94. The maximum atomic E-state index is 12.5. The van der Waals surface area contributed by atoms with Crippen LogP contribution < -0.4 is 14.8 Å². The molecular weight excluding hydrogens is 386 g/mol. The molecule has 0 unspecified atom stereocenters. The number of carbonyl (C=O) groups is 2. The molecule has 0 bridgehead atoms. The van der Waals surface area contributed by atoms with Crippen molar-refractivity contribution >= 4 is 17.5 Å². The number of hydrogen-bond donors (Lipinski definition) is 1. The van der Waals surface area contributed by atoms with Gasteiger partial charge in [0.25, 0.3) is 11.8 Å². The molecule has 1 heterocycles. The molecule has 1 N–H and O–H groups in total. The fourth-order valence-electron chi connectivity index (χ4n) is 2.77. The Balaban J connectivity index is 1.51. The smallest absolute Gasteiger partial charge is 0.262 e. The van der Waals surface area contributed by atoms with Gasteiger partial charge in [-0.1, -0.05) is 11.2 Å². The predicted octanol–water partition coefficient (Wildman–Crippen LogP) is 3.28. The van der Waals surface area contributed by atoms with Crippen LogP contribution in [0.25, 0.3) is 0 Å². The highest BCUT2D eigenvalue weighted by Crippen LogP contribution is 2.17. The lowest BCUT2D eigenvalue weighted by molar-refractivity contribution is -0.118. The maximum Gasteiger partial charge on any atom is 0.262 e. The van der Waals surface area contributed by atoms with Crippen molar-refractivity contribution in [1.82, 2.24) is 10.1 Å². The predicted molar refractivity (Wildman–Crippen MR) is 111 cm³/mol. The van der Waals surface area contributed by atoms with Crippen molar-refractivity contribution in [3.05, 3.63) is 71.6 Å². The van der Waals surface area contributed by atoms with Crippen LogP contribution in [0.1, 0.15) is 21.8 Å². The number of amides is 2. The lowest BCUT2D eigenvalue weighted by Gasteiger charge is -2.16. The molecule has 0 fully saturated rings. The van der Waals surface area contributed by atoms with E-state index in [4.69, 9.17) is 14.0 Å². The fraction of sp³-hybridized carbons (Fsp3) is 0.227. The van der Waals surface area contributed by atoms with Crippen molar-refractivity contribution in [1.29, 1.82) is 0 Å². The van der Waals surface area contributed by atoms with Gasteiger partial charge in [0.1, 0.15) is 23.0 Å². The van der Waals surface area contributed by atoms with Crippen molar-refractivity contribution in [2.24, 2.45) is 0 Å². The molecule has 0 aliphatic rings. The van der Waals surface area contributed by atoms with Crippen molar-refractivity contribution in [2.45, 2.75) is 13.5 Å². The number of carbonyl (C=O) groups excluding carboxylic acids is 2. The zero-order chi connectivity index (χ0) is 21.5. The van der Waals surface area contributed by atoms with E-state index in [-0.39, 0.29) is 18.4 Å². The summed E-state index contributed by atoms with van der Waals surface area (Å²) in [6.45, 7) is 1.99. The van der Waals surface area contributed by atoms with Gasteiger partial charge in [0, 0.05) is 30.4 Å². The highest BCUT2D eigenvalue weighted by Gasteiger charge is 2.14. The molecule has 0 radical (unpaired) electrons. The Kier molecular flexibility index (Phi) is 6.69. The third kappa shape index (κ3) is 5.60. The van der Waals surface area contributed by atoms with E-state index in [0.29, 0.717) is 40.7 Å². The van der Waals surface area contributed by atoms with Gasteiger partial charge < -0.3 is 24.2 Å². The summed E-state index contributed by atoms with van der Waals surface area (Å²) in [5.41, 5.74) is 1.81. The second kappa shape index (κ2) is 9.60. The minimum absolute atomic E-state index is 0.155. The van der Waals surface area contributed by atoms with E-state index in [1.165, 1.54) is 0 Å². The molecule has 0 aliphatic carbocycles. The van der Waals surface area contributed by atoms with Crippen LogP contribution in [-0.4, -0.2) is 42.6 Å². The van der Waals surface area contributed by atoms with Crippen LogP contribution in [-0.2, 0) is 11.3 Å². The van der Waals surface area contributed by atoms with E-state index in [1.54, 1.807) is 80.6 Å². The van der Waals surface area contributed by atoms with Crippen molar-refractivity contribution < 1.29 is 23.6 Å². The van der Waals surface area contributed by atoms with E-state index in [9.17, 15) is 9.59 Å². The van der Waals surface area contributed by atoms with E-state index < -0.39 is 0 Å². The second-order valence-electron chi connectivity index (χ2n) is 6.68. The molecule has 156 valence electrons. The molecule has 0 saturated heterocycles. The van der Waals surface area contributed by atoms with E-state index in [2.05, 4.69) is 10.5 Å². The Hall–Kier alpha value is -3.81. The standard InChI is InChI=1S/C22H23N3O5/c1-15-11-18(24-30-15)13-25(2)22(27)16-7-9-19(10-8-16)29-14-21(26)23-17-5-4-6-20(12-17)28-3/h4-12H,13-14H2,1-3H3,(H,23,26). The first kappa shape index (κ1) is 20.9. The lowest BCUT2D eigenvalue weighted by atomic mass is 10.2. The van der Waals surface area contributed by atoms with E-state index in [1.807, 2.05) is 0 Å². The molecule has 0 aliphatic heterocycles. The Bertz CT molecular complexity index is 1010. The molecular formula is C22H23N3O5. The van der Waals surface area contributed by atoms with Crippen LogP contribution in [0, 0.1) is 6.92 Å². The van der Waals surface area contributed by atoms with Gasteiger partial charge in [0.05, 0.1) is 13.7 Å². The number of nitrogens with one attached hydrogen (secondary N) is 1. The van der Waals surface area contributed by atoms with E-state index in [0.717, 1.165) is 0 Å². The van der Waals surface area contributed by atoms with Gasteiger partial charge in [-0.2, -0.15) is 0 Å². The van der Waals surface area contributed by atoms with Gasteiger partial charge in [-0.15, -0.1) is 0 Å². The number of benzene rings is 2. The van der Waals surface area contributed by atoms with Crippen LogP contribution in [0.5, 0.6) is 11.5 Å². The Labute approximate surface area is 174 Å². The van der Waals surface area contributed by atoms with E-state index >= 15 is 0 Å². The topological polar surface area (TPSA) is 93.9 Å². The largest absolute Gasteiger partial charge is 0.497 e. The summed E-state index contributed by atoms with van der Waals surface area (Å²) in [5, 5.41) is 6.63. The average Bonchev–Trinajstić information content (AvgIpc) is 3.16. The molecule has 30 heavy (non-hydrogen) atoms. The first-order valence-corrected chi connectivity index (χ1v) is 9.29. The summed E-state index contributed by atoms with van der Waals surface area (Å²) in [5.74, 6) is 1.38. The molecule has 2 aromatic carbocycles. The summed E-state index contributed by atoms with van der Waals surface area (Å²) < 4.78 is 15.6. The zero-order valence-corrected chi connectivity index (χ0v) is 17.0. The number of ether oxygens (including phenoxy) is 2.